The largest absolute Gasteiger partial charge is 0.455 e. The van der Waals surface area contributed by atoms with Crippen LogP contribution in [0.3, 0.4) is 0 Å². The molecule has 1 N–H and O–H groups in total. The summed E-state index contributed by atoms with van der Waals surface area (Å²) >= 11 is 12.1. The molecule has 146 valence electrons. The Morgan fingerprint density at radius 1 is 1.07 bits per heavy atom. The molecule has 2 aromatic rings. The normalized spacial score (nSPS) is 14.9. The van der Waals surface area contributed by atoms with Crippen molar-refractivity contribution in [3.63, 3.8) is 0 Å². The monoisotopic (exact) mass is 420 g/mol. The van der Waals surface area contributed by atoms with Crippen LogP contribution in [0.5, 0.6) is 0 Å². The Bertz CT molecular complexity index is 939. The molecule has 1 aliphatic rings. The molecule has 1 heterocycles. The molecule has 28 heavy (non-hydrogen) atoms. The number of halogens is 2. The number of hydrogen-bond acceptors (Lipinski definition) is 4. The highest BCUT2D eigenvalue weighted by Gasteiger charge is 2.43. The van der Waals surface area contributed by atoms with E-state index in [0.29, 0.717) is 27.0 Å². The van der Waals surface area contributed by atoms with Gasteiger partial charge in [-0.15, -0.1) is 0 Å². The second kappa shape index (κ2) is 7.81. The van der Waals surface area contributed by atoms with E-state index < -0.39 is 24.0 Å². The molecule has 0 spiro atoms. The molecule has 0 unspecified atom stereocenters. The molecule has 8 heteroatoms. The summed E-state index contributed by atoms with van der Waals surface area (Å²) in [7, 11) is 0. The minimum atomic E-state index is -1.14. The zero-order valence-corrected chi connectivity index (χ0v) is 16.8. The average Bonchev–Trinajstić information content (AvgIpc) is 2.64. The number of carbonyl (C=O) groups is 3. The summed E-state index contributed by atoms with van der Waals surface area (Å²) in [5.41, 5.74) is 0.368. The fraction of sp³-hybridized carbons (Fsp3) is 0.250. The first kappa shape index (κ1) is 20.2. The van der Waals surface area contributed by atoms with Gasteiger partial charge in [0.05, 0.1) is 17.8 Å². The Morgan fingerprint density at radius 3 is 2.39 bits per heavy atom. The smallest absolute Gasteiger partial charge is 0.310 e. The number of fused-ring (bicyclic) bond motifs is 1. The fourth-order valence-electron chi connectivity index (χ4n) is 3.00. The van der Waals surface area contributed by atoms with Gasteiger partial charge in [-0.25, -0.2) is 0 Å². The number of nitrogens with one attached hydrogen (secondary N) is 1. The molecule has 0 saturated carbocycles. The Balaban J connectivity index is 1.74. The third-order valence-electron chi connectivity index (χ3n) is 4.50. The highest BCUT2D eigenvalue weighted by atomic mass is 35.5. The van der Waals surface area contributed by atoms with E-state index in [1.165, 1.54) is 4.90 Å². The molecule has 6 nitrogen and oxygen atoms in total. The van der Waals surface area contributed by atoms with Gasteiger partial charge in [0, 0.05) is 15.6 Å². The van der Waals surface area contributed by atoms with Gasteiger partial charge < -0.3 is 10.1 Å². The lowest BCUT2D eigenvalue weighted by molar-refractivity contribution is -0.147. The highest BCUT2D eigenvalue weighted by molar-refractivity contribution is 6.36. The van der Waals surface area contributed by atoms with E-state index >= 15 is 0 Å². The number of ether oxygens (including phenoxy) is 1. The highest BCUT2D eigenvalue weighted by Crippen LogP contribution is 2.36. The lowest BCUT2D eigenvalue weighted by Gasteiger charge is -2.41. The molecule has 0 radical (unpaired) electrons. The summed E-state index contributed by atoms with van der Waals surface area (Å²) in [6.45, 7) is 2.75. The molecule has 0 bridgehead atoms. The third kappa shape index (κ3) is 3.84. The quantitative estimate of drug-likeness (QED) is 0.762. The van der Waals surface area contributed by atoms with Crippen molar-refractivity contribution in [1.29, 1.82) is 0 Å². The van der Waals surface area contributed by atoms with Crippen molar-refractivity contribution < 1.29 is 19.1 Å². The van der Waals surface area contributed by atoms with E-state index in [1.54, 1.807) is 56.3 Å². The number of anilines is 2. The van der Waals surface area contributed by atoms with Crippen molar-refractivity contribution in [3.8, 4) is 0 Å². The van der Waals surface area contributed by atoms with Crippen molar-refractivity contribution in [1.82, 2.24) is 0 Å². The molecule has 0 aliphatic carbocycles. The van der Waals surface area contributed by atoms with Crippen LogP contribution in [0, 0.1) is 0 Å². The first-order chi connectivity index (χ1) is 13.2. The molecule has 2 amide bonds. The van der Waals surface area contributed by atoms with Gasteiger partial charge >= 0.3 is 5.97 Å². The first-order valence-electron chi connectivity index (χ1n) is 8.54. The topological polar surface area (TPSA) is 75.7 Å². The van der Waals surface area contributed by atoms with E-state index in [2.05, 4.69) is 5.32 Å². The first-order valence-corrected chi connectivity index (χ1v) is 9.29. The molecular formula is C20H18Cl2N2O4. The summed E-state index contributed by atoms with van der Waals surface area (Å²) in [6, 6.07) is 11.9. The van der Waals surface area contributed by atoms with Crippen LogP contribution in [0.2, 0.25) is 10.0 Å². The zero-order chi connectivity index (χ0) is 20.5. The molecule has 0 saturated heterocycles. The maximum Gasteiger partial charge on any atom is 0.310 e. The van der Waals surface area contributed by atoms with E-state index in [4.69, 9.17) is 27.9 Å². The number of amides is 2. The van der Waals surface area contributed by atoms with Crippen molar-refractivity contribution >= 4 is 52.4 Å². The molecular weight excluding hydrogens is 403 g/mol. The summed E-state index contributed by atoms with van der Waals surface area (Å²) in [5, 5.41) is 3.47. The number of benzene rings is 2. The molecule has 2 aromatic carbocycles. The summed E-state index contributed by atoms with van der Waals surface area (Å²) in [4.78, 5) is 38.8. The molecule has 1 aliphatic heterocycles. The Morgan fingerprint density at radius 2 is 1.71 bits per heavy atom. The standard InChI is InChI=1S/C20H18Cl2N2O4/c1-20(2)19(27)23-15-8-3-4-9-16(15)24(20)17(25)11-28-18(26)10-12-13(21)6-5-7-14(12)22/h3-9H,10-11H2,1-2H3,(H,23,27). The number of hydrogen-bond donors (Lipinski definition) is 1. The van der Waals surface area contributed by atoms with E-state index in [0.717, 1.165) is 0 Å². The second-order valence-corrected chi connectivity index (χ2v) is 7.61. The number of para-hydroxylation sites is 2. The SMILES string of the molecule is CC1(C)C(=O)Nc2ccccc2N1C(=O)COC(=O)Cc1c(Cl)cccc1Cl. The van der Waals surface area contributed by atoms with Crippen LogP contribution in [-0.2, 0) is 25.5 Å². The van der Waals surface area contributed by atoms with Gasteiger partial charge in [0.1, 0.15) is 5.54 Å². The lowest BCUT2D eigenvalue weighted by Crippen LogP contribution is -2.59. The van der Waals surface area contributed by atoms with Gasteiger partial charge in [0.25, 0.3) is 5.91 Å². The minimum absolute atomic E-state index is 0.160. The zero-order valence-electron chi connectivity index (χ0n) is 15.3. The lowest BCUT2D eigenvalue weighted by atomic mass is 9.96. The second-order valence-electron chi connectivity index (χ2n) is 6.80. The third-order valence-corrected chi connectivity index (χ3v) is 5.20. The maximum atomic E-state index is 12.8. The molecule has 0 aromatic heterocycles. The van der Waals surface area contributed by atoms with Gasteiger partial charge in [-0.1, -0.05) is 41.4 Å². The van der Waals surface area contributed by atoms with E-state index in [9.17, 15) is 14.4 Å². The number of rotatable bonds is 4. The number of nitrogens with zero attached hydrogens (tertiary/aromatic N) is 1. The van der Waals surface area contributed by atoms with Crippen molar-refractivity contribution in [2.75, 3.05) is 16.8 Å². The Kier molecular flexibility index (Phi) is 5.63. The number of esters is 1. The van der Waals surface area contributed by atoms with Gasteiger partial charge in [0.15, 0.2) is 6.61 Å². The summed E-state index contributed by atoms with van der Waals surface area (Å²) < 4.78 is 5.14. The Hall–Kier alpha value is -2.57. The predicted octanol–water partition coefficient (Wildman–Crippen LogP) is 3.84. The molecule has 0 atom stereocenters. The van der Waals surface area contributed by atoms with E-state index in [-0.39, 0.29) is 12.3 Å². The van der Waals surface area contributed by atoms with Crippen LogP contribution in [0.1, 0.15) is 19.4 Å². The molecule has 3 rings (SSSR count). The van der Waals surface area contributed by atoms with Gasteiger partial charge in [-0.2, -0.15) is 0 Å². The minimum Gasteiger partial charge on any atom is -0.455 e. The van der Waals surface area contributed by atoms with Crippen molar-refractivity contribution in [2.45, 2.75) is 25.8 Å². The van der Waals surface area contributed by atoms with Crippen molar-refractivity contribution in [2.24, 2.45) is 0 Å². The van der Waals surface area contributed by atoms with Gasteiger partial charge in [-0.3, -0.25) is 19.3 Å². The molecule has 0 fully saturated rings. The Labute approximate surface area is 172 Å². The maximum absolute atomic E-state index is 12.8. The summed E-state index contributed by atoms with van der Waals surface area (Å²) in [6.07, 6.45) is -0.160. The van der Waals surface area contributed by atoms with Gasteiger partial charge in [-0.05, 0) is 38.1 Å². The predicted molar refractivity (Wildman–Crippen MR) is 108 cm³/mol. The van der Waals surface area contributed by atoms with E-state index in [1.807, 2.05) is 0 Å². The van der Waals surface area contributed by atoms with Crippen molar-refractivity contribution in [3.05, 3.63) is 58.1 Å². The summed E-state index contributed by atoms with van der Waals surface area (Å²) in [5.74, 6) is -1.48. The fourth-order valence-corrected chi connectivity index (χ4v) is 3.53. The van der Waals surface area contributed by atoms with Crippen LogP contribution in [-0.4, -0.2) is 29.9 Å². The number of carbonyl (C=O) groups excluding carboxylic acids is 3. The average molecular weight is 421 g/mol. The van der Waals surface area contributed by atoms with Crippen LogP contribution >= 0.6 is 23.2 Å². The van der Waals surface area contributed by atoms with Crippen LogP contribution in [0.15, 0.2) is 42.5 Å². The van der Waals surface area contributed by atoms with Gasteiger partial charge in [0.2, 0.25) is 5.91 Å². The van der Waals surface area contributed by atoms with Crippen LogP contribution in [0.4, 0.5) is 11.4 Å². The van der Waals surface area contributed by atoms with Crippen LogP contribution in [0.25, 0.3) is 0 Å². The van der Waals surface area contributed by atoms with Crippen LogP contribution < -0.4 is 10.2 Å².